The number of fused-ring (bicyclic) bond motifs is 1. The van der Waals surface area contributed by atoms with Gasteiger partial charge in [-0.15, -0.1) is 0 Å². The molecular weight excluding hydrogens is 398 g/mol. The van der Waals surface area contributed by atoms with Crippen molar-refractivity contribution in [3.8, 4) is 0 Å². The Kier molecular flexibility index (Phi) is 4.91. The third-order valence-corrected chi connectivity index (χ3v) is 6.45. The lowest BCUT2D eigenvalue weighted by molar-refractivity contribution is -0.134. The van der Waals surface area contributed by atoms with Crippen LogP contribution in [0, 0.1) is 5.92 Å². The Morgan fingerprint density at radius 1 is 1.06 bits per heavy atom. The zero-order valence-corrected chi connectivity index (χ0v) is 17.7. The summed E-state index contributed by atoms with van der Waals surface area (Å²) in [7, 11) is 0. The van der Waals surface area contributed by atoms with Gasteiger partial charge < -0.3 is 9.80 Å². The van der Waals surface area contributed by atoms with E-state index in [2.05, 4.69) is 9.97 Å². The fourth-order valence-electron chi connectivity index (χ4n) is 4.37. The van der Waals surface area contributed by atoms with Crippen LogP contribution < -0.4 is 11.2 Å². The van der Waals surface area contributed by atoms with Crippen molar-refractivity contribution in [3.05, 3.63) is 38.2 Å². The van der Waals surface area contributed by atoms with Gasteiger partial charge in [0.2, 0.25) is 5.91 Å². The van der Waals surface area contributed by atoms with Gasteiger partial charge in [-0.1, -0.05) is 6.92 Å². The lowest BCUT2D eigenvalue weighted by Gasteiger charge is -2.35. The SMILES string of the molecule is CCCn1c(=O)[nH]c(=O)c2c(C(=O)N3CCN(C(=O)C4CC4)CC3)cc(C3CC3)nc21. The number of nitrogens with zero attached hydrogens (tertiary/aromatic N) is 4. The molecule has 9 heteroatoms. The highest BCUT2D eigenvalue weighted by atomic mass is 16.2. The molecule has 164 valence electrons. The molecule has 2 aromatic rings. The number of rotatable bonds is 5. The number of carbonyl (C=O) groups excluding carboxylic acids is 2. The van der Waals surface area contributed by atoms with E-state index < -0.39 is 11.2 Å². The van der Waals surface area contributed by atoms with Gasteiger partial charge in [-0.3, -0.25) is 23.9 Å². The fraction of sp³-hybridized carbons (Fsp3) is 0.591. The predicted octanol–water partition coefficient (Wildman–Crippen LogP) is 1.07. The maximum atomic E-state index is 13.5. The highest BCUT2D eigenvalue weighted by Crippen LogP contribution is 2.40. The standard InChI is InChI=1S/C22H27N5O4/c1-2-7-27-18-17(19(28)24-22(27)31)15(12-16(23-18)13-3-4-13)21(30)26-10-8-25(9-11-26)20(29)14-5-6-14/h12-14H,2-11H2,1H3,(H,24,28,31). The first-order chi connectivity index (χ1) is 15.0. The number of H-pyrrole nitrogens is 1. The van der Waals surface area contributed by atoms with Crippen molar-refractivity contribution in [3.63, 3.8) is 0 Å². The van der Waals surface area contributed by atoms with Gasteiger partial charge in [0.1, 0.15) is 0 Å². The molecule has 0 radical (unpaired) electrons. The summed E-state index contributed by atoms with van der Waals surface area (Å²) in [6, 6.07) is 1.74. The second-order valence-electron chi connectivity index (χ2n) is 8.87. The lowest BCUT2D eigenvalue weighted by atomic mass is 10.1. The smallest absolute Gasteiger partial charge is 0.329 e. The molecule has 2 aromatic heterocycles. The van der Waals surface area contributed by atoms with E-state index >= 15 is 0 Å². The quantitative estimate of drug-likeness (QED) is 0.771. The predicted molar refractivity (Wildman–Crippen MR) is 114 cm³/mol. The fourth-order valence-corrected chi connectivity index (χ4v) is 4.37. The van der Waals surface area contributed by atoms with Gasteiger partial charge in [-0.05, 0) is 38.2 Å². The van der Waals surface area contributed by atoms with Crippen LogP contribution in [-0.2, 0) is 11.3 Å². The summed E-state index contributed by atoms with van der Waals surface area (Å²) in [5, 5.41) is 0.180. The van der Waals surface area contributed by atoms with Crippen LogP contribution in [0.3, 0.4) is 0 Å². The van der Waals surface area contributed by atoms with Crippen LogP contribution in [0.25, 0.3) is 11.0 Å². The normalized spacial score (nSPS) is 19.1. The Labute approximate surface area is 179 Å². The molecule has 3 fully saturated rings. The number of carbonyl (C=O) groups is 2. The number of aromatic amines is 1. The van der Waals surface area contributed by atoms with E-state index in [9.17, 15) is 19.2 Å². The molecule has 0 atom stereocenters. The maximum absolute atomic E-state index is 13.5. The van der Waals surface area contributed by atoms with Crippen molar-refractivity contribution in [2.24, 2.45) is 5.92 Å². The van der Waals surface area contributed by atoms with E-state index in [-0.39, 0.29) is 29.0 Å². The van der Waals surface area contributed by atoms with E-state index in [1.807, 2.05) is 11.8 Å². The van der Waals surface area contributed by atoms with Crippen LogP contribution in [0.5, 0.6) is 0 Å². The first-order valence-corrected chi connectivity index (χ1v) is 11.2. The summed E-state index contributed by atoms with van der Waals surface area (Å²) in [5.41, 5.74) is 0.303. The Bertz CT molecular complexity index is 1170. The van der Waals surface area contributed by atoms with Gasteiger partial charge in [0.05, 0.1) is 10.9 Å². The van der Waals surface area contributed by atoms with E-state index in [4.69, 9.17) is 0 Å². The van der Waals surface area contributed by atoms with Crippen LogP contribution in [0.2, 0.25) is 0 Å². The topological polar surface area (TPSA) is 108 Å². The summed E-state index contributed by atoms with van der Waals surface area (Å²) in [6.45, 7) is 4.26. The molecular formula is C22H27N5O4. The molecule has 1 aliphatic heterocycles. The number of piperazine rings is 1. The maximum Gasteiger partial charge on any atom is 0.329 e. The second-order valence-corrected chi connectivity index (χ2v) is 8.87. The molecule has 31 heavy (non-hydrogen) atoms. The molecule has 0 unspecified atom stereocenters. The molecule has 0 aromatic carbocycles. The second kappa shape index (κ2) is 7.62. The largest absolute Gasteiger partial charge is 0.339 e. The summed E-state index contributed by atoms with van der Waals surface area (Å²) < 4.78 is 1.46. The number of pyridine rings is 1. The minimum Gasteiger partial charge on any atom is -0.339 e. The Morgan fingerprint density at radius 2 is 1.74 bits per heavy atom. The summed E-state index contributed by atoms with van der Waals surface area (Å²) in [5.74, 6) is 0.396. The molecule has 2 aliphatic carbocycles. The summed E-state index contributed by atoms with van der Waals surface area (Å²) in [6.07, 6.45) is 4.63. The average Bonchev–Trinajstić information content (AvgIpc) is 3.67. The van der Waals surface area contributed by atoms with Gasteiger partial charge in [-0.2, -0.15) is 0 Å². The van der Waals surface area contributed by atoms with Gasteiger partial charge in [-0.25, -0.2) is 9.78 Å². The van der Waals surface area contributed by atoms with Crippen molar-refractivity contribution < 1.29 is 9.59 Å². The van der Waals surface area contributed by atoms with Crippen molar-refractivity contribution in [2.75, 3.05) is 26.2 Å². The molecule has 2 amide bonds. The minimum atomic E-state index is -0.576. The number of aromatic nitrogens is 3. The van der Waals surface area contributed by atoms with Crippen LogP contribution in [0.1, 0.15) is 61.0 Å². The number of hydrogen-bond acceptors (Lipinski definition) is 5. The zero-order chi connectivity index (χ0) is 21.7. The Morgan fingerprint density at radius 3 is 2.35 bits per heavy atom. The van der Waals surface area contributed by atoms with Gasteiger partial charge in [0, 0.05) is 50.3 Å². The molecule has 9 nitrogen and oxygen atoms in total. The molecule has 3 aliphatic rings. The number of hydrogen-bond donors (Lipinski definition) is 1. The molecule has 0 bridgehead atoms. The van der Waals surface area contributed by atoms with Crippen molar-refractivity contribution in [1.82, 2.24) is 24.3 Å². The number of aryl methyl sites for hydroxylation is 1. The van der Waals surface area contributed by atoms with Gasteiger partial charge in [0.15, 0.2) is 5.65 Å². The minimum absolute atomic E-state index is 0.168. The van der Waals surface area contributed by atoms with E-state index in [1.165, 1.54) is 4.57 Å². The number of nitrogens with one attached hydrogen (secondary N) is 1. The third-order valence-electron chi connectivity index (χ3n) is 6.45. The molecule has 3 heterocycles. The number of amides is 2. The highest BCUT2D eigenvalue weighted by molar-refractivity contribution is 6.05. The molecule has 5 rings (SSSR count). The van der Waals surface area contributed by atoms with Crippen LogP contribution in [0.4, 0.5) is 0 Å². The van der Waals surface area contributed by atoms with Crippen molar-refractivity contribution >= 4 is 22.8 Å². The lowest BCUT2D eigenvalue weighted by Crippen LogP contribution is -2.51. The van der Waals surface area contributed by atoms with Crippen LogP contribution in [-0.4, -0.2) is 62.3 Å². The molecule has 0 spiro atoms. The molecule has 1 N–H and O–H groups in total. The highest BCUT2D eigenvalue weighted by Gasteiger charge is 2.36. The van der Waals surface area contributed by atoms with Crippen LogP contribution >= 0.6 is 0 Å². The zero-order valence-electron chi connectivity index (χ0n) is 17.7. The van der Waals surface area contributed by atoms with Crippen molar-refractivity contribution in [1.29, 1.82) is 0 Å². The van der Waals surface area contributed by atoms with Crippen molar-refractivity contribution in [2.45, 2.75) is 51.5 Å². The van der Waals surface area contributed by atoms with E-state index in [0.29, 0.717) is 50.4 Å². The van der Waals surface area contributed by atoms with Gasteiger partial charge >= 0.3 is 5.69 Å². The third kappa shape index (κ3) is 3.66. The first-order valence-electron chi connectivity index (χ1n) is 11.2. The molecule has 2 saturated carbocycles. The van der Waals surface area contributed by atoms with E-state index in [0.717, 1.165) is 31.4 Å². The Hall–Kier alpha value is -2.97. The van der Waals surface area contributed by atoms with Crippen LogP contribution in [0.15, 0.2) is 15.7 Å². The monoisotopic (exact) mass is 425 g/mol. The van der Waals surface area contributed by atoms with E-state index in [1.54, 1.807) is 11.0 Å². The Balaban J connectivity index is 1.52. The average molecular weight is 425 g/mol. The first kappa shape index (κ1) is 20.0. The summed E-state index contributed by atoms with van der Waals surface area (Å²) >= 11 is 0. The molecule has 1 saturated heterocycles. The summed E-state index contributed by atoms with van der Waals surface area (Å²) in [4.78, 5) is 61.5. The van der Waals surface area contributed by atoms with Gasteiger partial charge in [0.25, 0.3) is 11.5 Å².